The van der Waals surface area contributed by atoms with Crippen LogP contribution in [0.25, 0.3) is 0 Å². The summed E-state index contributed by atoms with van der Waals surface area (Å²) >= 11 is 6.09. The molecule has 0 aromatic heterocycles. The lowest BCUT2D eigenvalue weighted by Crippen LogP contribution is -2.37. The molecule has 0 bridgehead atoms. The number of halogens is 1. The van der Waals surface area contributed by atoms with Gasteiger partial charge in [-0.25, -0.2) is 9.59 Å². The molecule has 4 rings (SSSR count). The zero-order valence-electron chi connectivity index (χ0n) is 18.0. The molecule has 1 heterocycles. The Bertz CT molecular complexity index is 1070. The van der Waals surface area contributed by atoms with Crippen LogP contribution in [0.2, 0.25) is 5.02 Å². The van der Waals surface area contributed by atoms with Gasteiger partial charge in [0.1, 0.15) is 6.61 Å². The molecule has 0 unspecified atom stereocenters. The molecule has 2 aromatic rings. The molecule has 8 heteroatoms. The van der Waals surface area contributed by atoms with Gasteiger partial charge in [-0.05, 0) is 29.7 Å². The van der Waals surface area contributed by atoms with Gasteiger partial charge in [-0.2, -0.15) is 0 Å². The lowest BCUT2D eigenvalue weighted by molar-refractivity contribution is -0.161. The Morgan fingerprint density at radius 2 is 1.85 bits per heavy atom. The summed E-state index contributed by atoms with van der Waals surface area (Å²) in [7, 11) is 1.33. The average molecular weight is 470 g/mol. The highest BCUT2D eigenvalue weighted by Gasteiger charge is 2.45. The van der Waals surface area contributed by atoms with E-state index in [2.05, 4.69) is 5.32 Å². The number of nitrogens with one attached hydrogen (secondary N) is 1. The predicted molar refractivity (Wildman–Crippen MR) is 122 cm³/mol. The molecule has 1 N–H and O–H groups in total. The number of rotatable bonds is 7. The van der Waals surface area contributed by atoms with E-state index in [1.165, 1.54) is 13.4 Å². The molecule has 1 amide bonds. The molecule has 0 saturated heterocycles. The summed E-state index contributed by atoms with van der Waals surface area (Å²) in [6.45, 7) is 0.373. The zero-order valence-corrected chi connectivity index (χ0v) is 18.8. The van der Waals surface area contributed by atoms with Gasteiger partial charge in [-0.3, -0.25) is 5.32 Å². The minimum absolute atomic E-state index is 0.0282. The minimum Gasteiger partial charge on any atom is -0.471 e. The number of allylic oxidation sites excluding steroid dienone is 1. The molecule has 3 atom stereocenters. The molecule has 33 heavy (non-hydrogen) atoms. The lowest BCUT2D eigenvalue weighted by Gasteiger charge is -2.34. The quantitative estimate of drug-likeness (QED) is 0.449. The fourth-order valence-corrected chi connectivity index (χ4v) is 4.23. The van der Waals surface area contributed by atoms with Gasteiger partial charge in [0.2, 0.25) is 6.29 Å². The first kappa shape index (κ1) is 22.9. The van der Waals surface area contributed by atoms with Crippen molar-refractivity contribution >= 4 is 29.4 Å². The van der Waals surface area contributed by atoms with Crippen LogP contribution in [-0.4, -0.2) is 32.1 Å². The van der Waals surface area contributed by atoms with Crippen molar-refractivity contribution in [3.8, 4) is 0 Å². The van der Waals surface area contributed by atoms with Crippen LogP contribution in [0, 0.1) is 11.8 Å². The van der Waals surface area contributed by atoms with Crippen LogP contribution in [0.4, 0.5) is 10.5 Å². The zero-order chi connectivity index (χ0) is 23.2. The molecule has 172 valence electrons. The monoisotopic (exact) mass is 469 g/mol. The van der Waals surface area contributed by atoms with Crippen LogP contribution in [0.3, 0.4) is 0 Å². The second kappa shape index (κ2) is 10.6. The molecule has 0 saturated carbocycles. The van der Waals surface area contributed by atoms with Gasteiger partial charge in [0.05, 0.1) is 42.2 Å². The van der Waals surface area contributed by atoms with E-state index < -0.39 is 18.4 Å². The average Bonchev–Trinajstić information content (AvgIpc) is 3.27. The Morgan fingerprint density at radius 1 is 1.09 bits per heavy atom. The van der Waals surface area contributed by atoms with Crippen molar-refractivity contribution in [1.29, 1.82) is 0 Å². The molecular weight excluding hydrogens is 446 g/mol. The van der Waals surface area contributed by atoms with Crippen LogP contribution in [0.5, 0.6) is 0 Å². The summed E-state index contributed by atoms with van der Waals surface area (Å²) in [5.41, 5.74) is 2.72. The van der Waals surface area contributed by atoms with E-state index in [0.29, 0.717) is 29.3 Å². The molecular formula is C25H24ClNO6. The van der Waals surface area contributed by atoms with Crippen LogP contribution >= 0.6 is 11.6 Å². The number of anilines is 1. The van der Waals surface area contributed by atoms with E-state index in [-0.39, 0.29) is 18.4 Å². The fraction of sp³-hybridized carbons (Fsp3) is 0.280. The van der Waals surface area contributed by atoms with E-state index in [1.54, 1.807) is 24.3 Å². The van der Waals surface area contributed by atoms with Gasteiger partial charge in [0.25, 0.3) is 0 Å². The van der Waals surface area contributed by atoms with Gasteiger partial charge in [-0.1, -0.05) is 60.1 Å². The number of ether oxygens (including phenoxy) is 4. The first-order valence-electron chi connectivity index (χ1n) is 10.5. The number of methoxy groups -OCH3 is 1. The van der Waals surface area contributed by atoms with Crippen LogP contribution in [0.15, 0.2) is 78.1 Å². The van der Waals surface area contributed by atoms with Gasteiger partial charge in [0.15, 0.2) is 0 Å². The molecule has 0 fully saturated rings. The first-order valence-corrected chi connectivity index (χ1v) is 10.9. The smallest absolute Gasteiger partial charge is 0.411 e. The number of carbonyl (C=O) groups excluding carboxylic acids is 2. The van der Waals surface area contributed by atoms with Crippen molar-refractivity contribution in [2.24, 2.45) is 11.8 Å². The second-order valence-electron chi connectivity index (χ2n) is 7.69. The van der Waals surface area contributed by atoms with Crippen molar-refractivity contribution in [3.63, 3.8) is 0 Å². The number of esters is 1. The number of benzene rings is 2. The highest BCUT2D eigenvalue weighted by atomic mass is 35.5. The summed E-state index contributed by atoms with van der Waals surface area (Å²) in [4.78, 5) is 24.6. The SMILES string of the molecule is COC(=O)C1=CO[C@@H](OCc2ccccc2)[C@@H]2C(COC(=O)Nc3ccccc3Cl)=CC[C@H]12. The molecule has 0 spiro atoms. The van der Waals surface area contributed by atoms with Crippen molar-refractivity contribution in [3.05, 3.63) is 88.7 Å². The minimum atomic E-state index is -0.632. The second-order valence-corrected chi connectivity index (χ2v) is 8.10. The number of hydrogen-bond acceptors (Lipinski definition) is 6. The highest BCUT2D eigenvalue weighted by Crippen LogP contribution is 2.44. The molecule has 2 aromatic carbocycles. The summed E-state index contributed by atoms with van der Waals surface area (Å²) in [5, 5.41) is 3.05. The maximum atomic E-state index is 12.3. The Kier molecular flexibility index (Phi) is 7.32. The molecule has 2 aliphatic rings. The van der Waals surface area contributed by atoms with Crippen LogP contribution < -0.4 is 5.32 Å². The van der Waals surface area contributed by atoms with E-state index in [4.69, 9.17) is 30.5 Å². The Hall–Kier alpha value is -3.29. The standard InChI is InChI=1S/C25H24ClNO6/c1-30-23(28)19-15-32-24(31-13-16-7-3-2-4-8-16)22-17(11-12-18(19)22)14-33-25(29)27-21-10-6-5-9-20(21)26/h2-11,15,18,22,24H,12-14H2,1H3,(H,27,29)/t18-,22-,24-/m1/s1. The van der Waals surface area contributed by atoms with Crippen molar-refractivity contribution < 1.29 is 28.5 Å². The number of hydrogen-bond donors (Lipinski definition) is 1. The number of carbonyl (C=O) groups is 2. The van der Waals surface area contributed by atoms with Gasteiger partial charge in [-0.15, -0.1) is 0 Å². The molecule has 7 nitrogen and oxygen atoms in total. The molecule has 1 aliphatic carbocycles. The maximum absolute atomic E-state index is 12.3. The van der Waals surface area contributed by atoms with Crippen molar-refractivity contribution in [1.82, 2.24) is 0 Å². The number of para-hydroxylation sites is 1. The van der Waals surface area contributed by atoms with E-state index >= 15 is 0 Å². The van der Waals surface area contributed by atoms with E-state index in [9.17, 15) is 9.59 Å². The largest absolute Gasteiger partial charge is 0.471 e. The van der Waals surface area contributed by atoms with Gasteiger partial charge in [0, 0.05) is 5.92 Å². The number of fused-ring (bicyclic) bond motifs is 1. The summed E-state index contributed by atoms with van der Waals surface area (Å²) in [6, 6.07) is 16.6. The summed E-state index contributed by atoms with van der Waals surface area (Å²) in [5.74, 6) is -0.920. The fourth-order valence-electron chi connectivity index (χ4n) is 4.04. The van der Waals surface area contributed by atoms with Gasteiger partial charge < -0.3 is 18.9 Å². The third kappa shape index (κ3) is 5.38. The van der Waals surface area contributed by atoms with Gasteiger partial charge >= 0.3 is 12.1 Å². The third-order valence-corrected chi connectivity index (χ3v) is 6.01. The first-order chi connectivity index (χ1) is 16.1. The maximum Gasteiger partial charge on any atom is 0.411 e. The third-order valence-electron chi connectivity index (χ3n) is 5.68. The summed E-state index contributed by atoms with van der Waals surface area (Å²) < 4.78 is 22.2. The molecule has 1 aliphatic heterocycles. The topological polar surface area (TPSA) is 83.1 Å². The van der Waals surface area contributed by atoms with Crippen LogP contribution in [-0.2, 0) is 30.3 Å². The lowest BCUT2D eigenvalue weighted by atomic mass is 9.83. The summed E-state index contributed by atoms with van der Waals surface area (Å²) in [6.07, 6.45) is 2.71. The normalized spacial score (nSPS) is 21.2. The van der Waals surface area contributed by atoms with Crippen LogP contribution in [0.1, 0.15) is 12.0 Å². The number of amides is 1. The van der Waals surface area contributed by atoms with E-state index in [1.807, 2.05) is 36.4 Å². The van der Waals surface area contributed by atoms with Crippen molar-refractivity contribution in [2.45, 2.75) is 19.3 Å². The Balaban J connectivity index is 1.44. The van der Waals surface area contributed by atoms with E-state index in [0.717, 1.165) is 11.1 Å². The highest BCUT2D eigenvalue weighted by molar-refractivity contribution is 6.33. The van der Waals surface area contributed by atoms with Crippen molar-refractivity contribution in [2.75, 3.05) is 19.0 Å². The molecule has 0 radical (unpaired) electrons. The Labute approximate surface area is 196 Å². The Morgan fingerprint density at radius 3 is 2.61 bits per heavy atom. The predicted octanol–water partition coefficient (Wildman–Crippen LogP) is 5.08.